The molecule has 0 radical (unpaired) electrons. The molecule has 5 N–H and O–H groups in total. The fraction of sp³-hybridized carbons (Fsp3) is 0.370. The van der Waals surface area contributed by atoms with E-state index >= 15 is 0 Å². The number of pyridine rings is 1. The van der Waals surface area contributed by atoms with Crippen molar-refractivity contribution >= 4 is 46.9 Å². The molecule has 0 aliphatic carbocycles. The van der Waals surface area contributed by atoms with Gasteiger partial charge in [-0.2, -0.15) is 18.3 Å². The monoisotopic (exact) mass is 940 g/mol. The molecule has 6 heterocycles. The van der Waals surface area contributed by atoms with Gasteiger partial charge in [-0.3, -0.25) is 43.9 Å². The molecule has 5 aromatic rings. The molecule has 22 heteroatoms. The molecule has 3 aromatic heterocycles. The number of fused-ring (bicyclic) bond motifs is 1. The lowest BCUT2D eigenvalue weighted by Crippen LogP contribution is -2.54. The predicted octanol–water partition coefficient (Wildman–Crippen LogP) is 4.67. The number of rotatable bonds is 19. The van der Waals surface area contributed by atoms with Gasteiger partial charge in [0.25, 0.3) is 23.6 Å². The first-order valence-corrected chi connectivity index (χ1v) is 22.0. The van der Waals surface area contributed by atoms with E-state index < -0.39 is 54.2 Å². The Balaban J connectivity index is 0.782. The standard InChI is InChI=1S/C46H47F3N10O9/c47-46(48,49)26-52-36-21-29(15-16-51-36)43-54-34(25-68-43)41(62)53-33-22-58(56-39(33)40(50)61)30-11-9-27(10-12-30)23-67-24-31-7-1-2-17-57(31)18-20-66-19-4-6-28-5-3-8-32-38(28)45(65)59(44(32)64)35-13-14-37(60)55-42(35)63/h3,5,8-12,15-16,21-22,25,31,35H,1-2,4,6-7,13-14,17-20,23-24,26H2,(H2,50,61)(H,51,52)(H,53,62)(H,55,60,63). The average molecular weight is 941 g/mol. The van der Waals surface area contributed by atoms with Crippen molar-refractivity contribution in [1.29, 1.82) is 0 Å². The SMILES string of the molecule is NC(=O)c1nn(-c2ccc(COCC3CCCCN3CCOCCCc3cccc4c3C(=O)N(C3CCC(=O)NC3=O)C4=O)cc2)cc1NC(=O)c1coc(-c2ccnc(NCC(F)(F)F)c2)n1. The van der Waals surface area contributed by atoms with Crippen molar-refractivity contribution in [3.05, 3.63) is 107 Å². The fourth-order valence-corrected chi connectivity index (χ4v) is 8.37. The Bertz CT molecular complexity index is 2700. The number of piperidine rings is 2. The fourth-order valence-electron chi connectivity index (χ4n) is 8.37. The van der Waals surface area contributed by atoms with Gasteiger partial charge in [0.2, 0.25) is 17.7 Å². The highest BCUT2D eigenvalue weighted by Gasteiger charge is 2.45. The van der Waals surface area contributed by atoms with E-state index in [1.807, 2.05) is 18.2 Å². The molecule has 0 spiro atoms. The molecular formula is C46H47F3N10O9. The minimum absolute atomic E-state index is 0.0116. The van der Waals surface area contributed by atoms with Crippen molar-refractivity contribution in [3.63, 3.8) is 0 Å². The van der Waals surface area contributed by atoms with Gasteiger partial charge in [-0.1, -0.05) is 30.7 Å². The van der Waals surface area contributed by atoms with Gasteiger partial charge < -0.3 is 30.3 Å². The van der Waals surface area contributed by atoms with Gasteiger partial charge in [-0.15, -0.1) is 0 Å². The Morgan fingerprint density at radius 1 is 0.985 bits per heavy atom. The summed E-state index contributed by atoms with van der Waals surface area (Å²) in [6.45, 7) is 2.17. The van der Waals surface area contributed by atoms with Gasteiger partial charge in [0.1, 0.15) is 24.7 Å². The van der Waals surface area contributed by atoms with Crippen LogP contribution < -0.4 is 21.7 Å². The highest BCUT2D eigenvalue weighted by molar-refractivity contribution is 6.24. The third kappa shape index (κ3) is 11.1. The second kappa shape index (κ2) is 20.7. The number of nitrogens with two attached hydrogens (primary N) is 1. The van der Waals surface area contributed by atoms with Gasteiger partial charge in [0, 0.05) is 37.4 Å². The van der Waals surface area contributed by atoms with E-state index in [4.69, 9.17) is 19.6 Å². The van der Waals surface area contributed by atoms with Crippen LogP contribution in [0.3, 0.4) is 0 Å². The van der Waals surface area contributed by atoms with Gasteiger partial charge in [-0.25, -0.2) is 14.6 Å². The number of imide groups is 2. The number of hydrogen-bond donors (Lipinski definition) is 4. The number of hydrogen-bond acceptors (Lipinski definition) is 14. The summed E-state index contributed by atoms with van der Waals surface area (Å²) in [5, 5.41) is 11.2. The zero-order chi connectivity index (χ0) is 48.0. The van der Waals surface area contributed by atoms with Crippen LogP contribution in [0.1, 0.15) is 91.3 Å². The van der Waals surface area contributed by atoms with Crippen molar-refractivity contribution in [2.24, 2.45) is 5.73 Å². The molecule has 0 bridgehead atoms. The number of likely N-dealkylation sites (tertiary alicyclic amines) is 1. The van der Waals surface area contributed by atoms with Crippen LogP contribution in [-0.2, 0) is 32.1 Å². The van der Waals surface area contributed by atoms with Gasteiger partial charge in [0.05, 0.1) is 48.5 Å². The summed E-state index contributed by atoms with van der Waals surface area (Å²) in [6, 6.07) is 14.3. The summed E-state index contributed by atoms with van der Waals surface area (Å²) >= 11 is 0. The van der Waals surface area contributed by atoms with Crippen LogP contribution in [0.25, 0.3) is 17.1 Å². The van der Waals surface area contributed by atoms with Crippen molar-refractivity contribution in [3.8, 4) is 17.1 Å². The second-order valence-corrected chi connectivity index (χ2v) is 16.5. The quantitative estimate of drug-likeness (QED) is 0.0650. The maximum Gasteiger partial charge on any atom is 0.405 e. The molecule has 68 heavy (non-hydrogen) atoms. The molecule has 2 aromatic carbocycles. The number of aromatic nitrogens is 4. The van der Waals surface area contributed by atoms with Gasteiger partial charge in [0.15, 0.2) is 11.4 Å². The molecule has 6 amide bonds. The number of nitrogens with zero attached hydrogens (tertiary/aromatic N) is 6. The van der Waals surface area contributed by atoms with Crippen LogP contribution in [0.2, 0.25) is 0 Å². The Hall–Kier alpha value is -7.30. The summed E-state index contributed by atoms with van der Waals surface area (Å²) in [4.78, 5) is 87.5. The molecule has 8 rings (SSSR count). The molecule has 19 nitrogen and oxygen atoms in total. The van der Waals surface area contributed by atoms with Crippen LogP contribution in [0.5, 0.6) is 0 Å². The van der Waals surface area contributed by atoms with E-state index in [2.05, 4.69) is 35.9 Å². The number of alkyl halides is 3. The van der Waals surface area contributed by atoms with Gasteiger partial charge >= 0.3 is 6.18 Å². The maximum atomic E-state index is 13.4. The number of aryl methyl sites for hydroxylation is 1. The summed E-state index contributed by atoms with van der Waals surface area (Å²) in [6.07, 6.45) is 3.72. The second-order valence-electron chi connectivity index (χ2n) is 16.5. The zero-order valence-corrected chi connectivity index (χ0v) is 36.6. The van der Waals surface area contributed by atoms with Crippen molar-refractivity contribution in [2.45, 2.75) is 69.8 Å². The topological polar surface area (TPSA) is 246 Å². The van der Waals surface area contributed by atoms with Crippen LogP contribution >= 0.6 is 0 Å². The highest BCUT2D eigenvalue weighted by Crippen LogP contribution is 2.31. The molecule has 356 valence electrons. The number of primary amides is 1. The first-order valence-electron chi connectivity index (χ1n) is 22.0. The molecule has 2 unspecified atom stereocenters. The molecule has 0 saturated carbocycles. The summed E-state index contributed by atoms with van der Waals surface area (Å²) < 4.78 is 56.9. The van der Waals surface area contributed by atoms with Crippen molar-refractivity contribution in [2.75, 3.05) is 50.1 Å². The number of halogens is 3. The Labute approximate surface area is 386 Å². The minimum atomic E-state index is -4.45. The highest BCUT2D eigenvalue weighted by atomic mass is 19.4. The number of nitrogens with one attached hydrogen (secondary N) is 3. The molecule has 3 aliphatic heterocycles. The van der Waals surface area contributed by atoms with E-state index in [0.29, 0.717) is 56.1 Å². The molecule has 3 aliphatic rings. The van der Waals surface area contributed by atoms with Crippen LogP contribution in [0.15, 0.2) is 77.7 Å². The maximum absolute atomic E-state index is 13.4. The lowest BCUT2D eigenvalue weighted by atomic mass is 9.99. The zero-order valence-electron chi connectivity index (χ0n) is 36.6. The number of ether oxygens (including phenoxy) is 2. The number of carbonyl (C=O) groups excluding carboxylic acids is 6. The van der Waals surface area contributed by atoms with E-state index in [9.17, 15) is 41.9 Å². The summed E-state index contributed by atoms with van der Waals surface area (Å²) in [5.74, 6) is -3.88. The van der Waals surface area contributed by atoms with Crippen LogP contribution in [0, 0.1) is 0 Å². The lowest BCUT2D eigenvalue weighted by Gasteiger charge is -2.35. The lowest BCUT2D eigenvalue weighted by molar-refractivity contribution is -0.136. The first kappa shape index (κ1) is 47.2. The number of anilines is 2. The van der Waals surface area contributed by atoms with Crippen molar-refractivity contribution in [1.82, 2.24) is 34.9 Å². The minimum Gasteiger partial charge on any atom is -0.444 e. The summed E-state index contributed by atoms with van der Waals surface area (Å²) in [5.41, 5.74) is 8.23. The number of benzene rings is 2. The molecule has 2 atom stereocenters. The van der Waals surface area contributed by atoms with Crippen LogP contribution in [0.4, 0.5) is 24.7 Å². The van der Waals surface area contributed by atoms with Gasteiger partial charge in [-0.05, 0) is 80.1 Å². The molecular weight excluding hydrogens is 894 g/mol. The Morgan fingerprint density at radius 3 is 2.59 bits per heavy atom. The van der Waals surface area contributed by atoms with E-state index in [1.54, 1.807) is 24.3 Å². The van der Waals surface area contributed by atoms with Crippen LogP contribution in [-0.4, -0.2) is 123 Å². The normalized spacial score (nSPS) is 17.6. The smallest absolute Gasteiger partial charge is 0.405 e. The van der Waals surface area contributed by atoms with E-state index in [0.717, 1.165) is 49.1 Å². The number of amides is 6. The molecule has 2 fully saturated rings. The largest absolute Gasteiger partial charge is 0.444 e. The number of oxazole rings is 1. The number of carbonyl (C=O) groups is 6. The predicted molar refractivity (Wildman–Crippen MR) is 235 cm³/mol. The van der Waals surface area contributed by atoms with E-state index in [1.165, 1.54) is 29.2 Å². The average Bonchev–Trinajstić information content (AvgIpc) is 4.05. The van der Waals surface area contributed by atoms with Crippen molar-refractivity contribution < 1.29 is 55.8 Å². The molecule has 2 saturated heterocycles. The third-order valence-corrected chi connectivity index (χ3v) is 11.8. The Morgan fingerprint density at radius 2 is 1.81 bits per heavy atom. The third-order valence-electron chi connectivity index (χ3n) is 11.8. The summed E-state index contributed by atoms with van der Waals surface area (Å²) in [7, 11) is 0. The first-order chi connectivity index (χ1) is 32.7. The van der Waals surface area contributed by atoms with E-state index in [-0.39, 0.29) is 58.8 Å². The Kier molecular flexibility index (Phi) is 14.4.